The fourth-order valence-electron chi connectivity index (χ4n) is 3.43. The molecule has 3 aliphatic rings. The smallest absolute Gasteiger partial charge is 0.249 e. The molecule has 2 aliphatic carbocycles. The van der Waals surface area contributed by atoms with Gasteiger partial charge in [-0.3, -0.25) is 9.59 Å². The molecule has 104 valence electrons. The minimum Gasteiger partial charge on any atom is -0.340 e. The average molecular weight is 262 g/mol. The third-order valence-corrected chi connectivity index (χ3v) is 4.89. The number of allylic oxidation sites excluding steroid dienone is 1. The number of nitrogens with zero attached hydrogens (tertiary/aromatic N) is 1. The molecule has 3 rings (SSSR count). The molecule has 4 nitrogen and oxygen atoms in total. The molecule has 1 N–H and O–H groups in total. The summed E-state index contributed by atoms with van der Waals surface area (Å²) in [5.74, 6) is 0.462. The second-order valence-electron chi connectivity index (χ2n) is 6.29. The summed E-state index contributed by atoms with van der Waals surface area (Å²) in [4.78, 5) is 27.0. The van der Waals surface area contributed by atoms with Crippen molar-refractivity contribution in [2.24, 2.45) is 5.92 Å². The molecule has 0 spiro atoms. The summed E-state index contributed by atoms with van der Waals surface area (Å²) in [6.45, 7) is 3.75. The van der Waals surface area contributed by atoms with Gasteiger partial charge >= 0.3 is 0 Å². The first kappa shape index (κ1) is 12.7. The number of nitrogens with one attached hydrogen (secondary N) is 1. The van der Waals surface area contributed by atoms with Gasteiger partial charge in [0, 0.05) is 6.04 Å². The first-order chi connectivity index (χ1) is 9.04. The van der Waals surface area contributed by atoms with Crippen LogP contribution in [0.1, 0.15) is 46.0 Å². The Balaban J connectivity index is 1.89. The molecular formula is C15H22N2O2. The molecule has 1 saturated carbocycles. The second-order valence-corrected chi connectivity index (χ2v) is 6.29. The van der Waals surface area contributed by atoms with Crippen molar-refractivity contribution >= 4 is 11.8 Å². The number of hydrogen-bond donors (Lipinski definition) is 1. The predicted molar refractivity (Wildman–Crippen MR) is 72.4 cm³/mol. The van der Waals surface area contributed by atoms with Gasteiger partial charge in [-0.15, -0.1) is 0 Å². The fraction of sp³-hybridized carbons (Fsp3) is 0.733. The lowest BCUT2D eigenvalue weighted by molar-refractivity contribution is -0.157. The molecule has 19 heavy (non-hydrogen) atoms. The number of carbonyl (C=O) groups excluding carboxylic acids is 2. The molecule has 1 saturated heterocycles. The number of carbonyl (C=O) groups is 2. The summed E-state index contributed by atoms with van der Waals surface area (Å²) in [6.07, 6.45) is 9.25. The summed E-state index contributed by atoms with van der Waals surface area (Å²) in [5, 5.41) is 2.98. The van der Waals surface area contributed by atoms with Crippen LogP contribution in [0.3, 0.4) is 0 Å². The summed E-state index contributed by atoms with van der Waals surface area (Å²) < 4.78 is 0. The van der Waals surface area contributed by atoms with E-state index in [1.54, 1.807) is 0 Å². The molecule has 3 atom stereocenters. The van der Waals surface area contributed by atoms with Gasteiger partial charge in [0.2, 0.25) is 11.8 Å². The zero-order chi connectivity index (χ0) is 13.6. The molecule has 3 unspecified atom stereocenters. The summed E-state index contributed by atoms with van der Waals surface area (Å²) in [7, 11) is 0. The van der Waals surface area contributed by atoms with Gasteiger partial charge < -0.3 is 10.2 Å². The van der Waals surface area contributed by atoms with Crippen LogP contribution in [0, 0.1) is 5.92 Å². The van der Waals surface area contributed by atoms with Gasteiger partial charge in [-0.1, -0.05) is 12.2 Å². The van der Waals surface area contributed by atoms with Crippen molar-refractivity contribution in [1.82, 2.24) is 10.2 Å². The topological polar surface area (TPSA) is 49.4 Å². The first-order valence-corrected chi connectivity index (χ1v) is 7.34. The van der Waals surface area contributed by atoms with E-state index in [4.69, 9.17) is 0 Å². The van der Waals surface area contributed by atoms with Gasteiger partial charge in [-0.2, -0.15) is 0 Å². The highest BCUT2D eigenvalue weighted by Crippen LogP contribution is 2.43. The summed E-state index contributed by atoms with van der Waals surface area (Å²) in [5.41, 5.74) is -0.662. The third kappa shape index (κ3) is 1.97. The van der Waals surface area contributed by atoms with Crippen LogP contribution in [0.4, 0.5) is 0 Å². The Kier molecular flexibility index (Phi) is 2.91. The predicted octanol–water partition coefficient (Wildman–Crippen LogP) is 1.61. The Hall–Kier alpha value is -1.32. The maximum atomic E-state index is 12.9. The first-order valence-electron chi connectivity index (χ1n) is 7.34. The van der Waals surface area contributed by atoms with E-state index in [1.807, 2.05) is 18.7 Å². The van der Waals surface area contributed by atoms with Gasteiger partial charge in [-0.05, 0) is 51.9 Å². The van der Waals surface area contributed by atoms with Gasteiger partial charge in [-0.25, -0.2) is 0 Å². The van der Waals surface area contributed by atoms with Crippen molar-refractivity contribution in [2.75, 3.05) is 0 Å². The van der Waals surface area contributed by atoms with Crippen LogP contribution in [-0.2, 0) is 9.59 Å². The van der Waals surface area contributed by atoms with E-state index in [0.717, 1.165) is 32.1 Å². The zero-order valence-corrected chi connectivity index (χ0v) is 11.7. The number of amides is 2. The highest BCUT2D eigenvalue weighted by Gasteiger charge is 2.55. The summed E-state index contributed by atoms with van der Waals surface area (Å²) >= 11 is 0. The Bertz CT molecular complexity index is 441. The van der Waals surface area contributed by atoms with Gasteiger partial charge in [0.25, 0.3) is 0 Å². The van der Waals surface area contributed by atoms with Crippen LogP contribution in [-0.4, -0.2) is 34.3 Å². The lowest BCUT2D eigenvalue weighted by Crippen LogP contribution is -2.71. The molecule has 4 heteroatoms. The zero-order valence-electron chi connectivity index (χ0n) is 11.7. The van der Waals surface area contributed by atoms with Crippen LogP contribution in [0.15, 0.2) is 12.2 Å². The quantitative estimate of drug-likeness (QED) is 0.769. The van der Waals surface area contributed by atoms with E-state index >= 15 is 0 Å². The number of hydrogen-bond acceptors (Lipinski definition) is 2. The fourth-order valence-corrected chi connectivity index (χ4v) is 3.43. The van der Waals surface area contributed by atoms with Crippen molar-refractivity contribution in [3.8, 4) is 0 Å². The van der Waals surface area contributed by atoms with Gasteiger partial charge in [0.15, 0.2) is 0 Å². The molecule has 1 aliphatic heterocycles. The van der Waals surface area contributed by atoms with E-state index in [1.165, 1.54) is 0 Å². The van der Waals surface area contributed by atoms with E-state index < -0.39 is 5.54 Å². The van der Waals surface area contributed by atoms with E-state index in [0.29, 0.717) is 5.92 Å². The third-order valence-electron chi connectivity index (χ3n) is 4.89. The van der Waals surface area contributed by atoms with Crippen molar-refractivity contribution < 1.29 is 9.59 Å². The molecule has 2 fully saturated rings. The Morgan fingerprint density at radius 1 is 1.26 bits per heavy atom. The minimum absolute atomic E-state index is 0.00329. The number of rotatable bonds is 2. The Morgan fingerprint density at radius 3 is 2.58 bits per heavy atom. The van der Waals surface area contributed by atoms with Crippen LogP contribution in [0.5, 0.6) is 0 Å². The molecule has 2 amide bonds. The molecule has 0 aromatic rings. The lowest BCUT2D eigenvalue weighted by Gasteiger charge is -2.47. The largest absolute Gasteiger partial charge is 0.340 e. The SMILES string of the molecule is CC1C(=O)NC(C)(C2CC2)C(=O)N1C1CC=CCC1. The van der Waals surface area contributed by atoms with E-state index in [9.17, 15) is 9.59 Å². The minimum atomic E-state index is -0.662. The van der Waals surface area contributed by atoms with Crippen molar-refractivity contribution in [1.29, 1.82) is 0 Å². The van der Waals surface area contributed by atoms with Crippen LogP contribution >= 0.6 is 0 Å². The highest BCUT2D eigenvalue weighted by atomic mass is 16.2. The maximum absolute atomic E-state index is 12.9. The van der Waals surface area contributed by atoms with E-state index in [-0.39, 0.29) is 23.9 Å². The molecule has 1 heterocycles. The molecule has 0 aromatic heterocycles. The molecule has 0 aromatic carbocycles. The molecular weight excluding hydrogens is 240 g/mol. The number of piperazine rings is 1. The Labute approximate surface area is 114 Å². The normalized spacial score (nSPS) is 39.4. The van der Waals surface area contributed by atoms with E-state index in [2.05, 4.69) is 17.5 Å². The Morgan fingerprint density at radius 2 is 2.00 bits per heavy atom. The standard InChI is InChI=1S/C15H22N2O2/c1-10-13(18)16-15(2,11-8-9-11)14(19)17(10)12-6-4-3-5-7-12/h3-4,10-12H,5-9H2,1-2H3,(H,16,18). The van der Waals surface area contributed by atoms with Gasteiger partial charge in [0.05, 0.1) is 0 Å². The average Bonchev–Trinajstić information content (AvgIpc) is 3.23. The molecule has 0 bridgehead atoms. The van der Waals surface area contributed by atoms with Crippen LogP contribution in [0.2, 0.25) is 0 Å². The summed E-state index contributed by atoms with van der Waals surface area (Å²) in [6, 6.07) is -0.146. The highest BCUT2D eigenvalue weighted by molar-refractivity contribution is 6.00. The van der Waals surface area contributed by atoms with Crippen molar-refractivity contribution in [3.05, 3.63) is 12.2 Å². The van der Waals surface area contributed by atoms with Crippen molar-refractivity contribution in [2.45, 2.75) is 63.6 Å². The molecule has 0 radical (unpaired) electrons. The second kappa shape index (κ2) is 4.36. The van der Waals surface area contributed by atoms with Crippen LogP contribution in [0.25, 0.3) is 0 Å². The maximum Gasteiger partial charge on any atom is 0.249 e. The van der Waals surface area contributed by atoms with Gasteiger partial charge in [0.1, 0.15) is 11.6 Å². The monoisotopic (exact) mass is 262 g/mol. The lowest BCUT2D eigenvalue weighted by atomic mass is 9.87. The van der Waals surface area contributed by atoms with Crippen LogP contribution < -0.4 is 5.32 Å². The van der Waals surface area contributed by atoms with Crippen molar-refractivity contribution in [3.63, 3.8) is 0 Å².